The van der Waals surface area contributed by atoms with Crippen molar-refractivity contribution < 1.29 is 13.3 Å². The van der Waals surface area contributed by atoms with Crippen molar-refractivity contribution in [3.8, 4) is 0 Å². The number of rotatable bonds is 4. The topological polar surface area (TPSA) is 89.3 Å². The van der Waals surface area contributed by atoms with Gasteiger partial charge in [-0.05, 0) is 35.9 Å². The van der Waals surface area contributed by atoms with Gasteiger partial charge in [-0.1, -0.05) is 36.4 Å². The van der Waals surface area contributed by atoms with E-state index in [9.17, 15) is 18.5 Å². The van der Waals surface area contributed by atoms with Gasteiger partial charge >= 0.3 is 0 Å². The molecule has 0 fully saturated rings. The molecule has 7 heteroatoms. The number of nitrogens with zero attached hydrogens (tertiary/aromatic N) is 1. The summed E-state index contributed by atoms with van der Waals surface area (Å²) in [7, 11) is -3.83. The van der Waals surface area contributed by atoms with Crippen LogP contribution in [-0.2, 0) is 10.0 Å². The van der Waals surface area contributed by atoms with Crippen LogP contribution in [0.4, 0.5) is 11.4 Å². The lowest BCUT2D eigenvalue weighted by molar-refractivity contribution is -0.385. The zero-order chi connectivity index (χ0) is 17.3. The standard InChI is InChI=1S/C17H14N2O4S/c1-12-6-8-15(11-17(12)19(20)21)18-24(22,23)16-9-7-13-4-2-3-5-14(13)10-16/h2-11,18H,1H3. The molecular formula is C17H14N2O4S. The second-order valence-electron chi connectivity index (χ2n) is 5.37. The van der Waals surface area contributed by atoms with E-state index >= 15 is 0 Å². The molecule has 3 aromatic rings. The first kappa shape index (κ1) is 15.9. The van der Waals surface area contributed by atoms with E-state index in [1.165, 1.54) is 24.3 Å². The second-order valence-corrected chi connectivity index (χ2v) is 7.06. The molecule has 6 nitrogen and oxygen atoms in total. The Bertz CT molecular complexity index is 1050. The Labute approximate surface area is 138 Å². The highest BCUT2D eigenvalue weighted by Crippen LogP contribution is 2.25. The Hall–Kier alpha value is -2.93. The number of hydrogen-bond donors (Lipinski definition) is 1. The van der Waals surface area contributed by atoms with Gasteiger partial charge in [0.25, 0.3) is 15.7 Å². The SMILES string of the molecule is Cc1ccc(NS(=O)(=O)c2ccc3ccccc3c2)cc1[N+](=O)[O-]. The summed E-state index contributed by atoms with van der Waals surface area (Å²) in [6, 6.07) is 16.4. The van der Waals surface area contributed by atoms with E-state index < -0.39 is 14.9 Å². The fraction of sp³-hybridized carbons (Fsp3) is 0.0588. The van der Waals surface area contributed by atoms with Crippen molar-refractivity contribution in [3.05, 3.63) is 76.3 Å². The fourth-order valence-corrected chi connectivity index (χ4v) is 3.50. The molecular weight excluding hydrogens is 328 g/mol. The highest BCUT2D eigenvalue weighted by atomic mass is 32.2. The van der Waals surface area contributed by atoms with Crippen LogP contribution >= 0.6 is 0 Å². The summed E-state index contributed by atoms with van der Waals surface area (Å²) in [5.41, 5.74) is 0.489. The molecule has 0 aliphatic heterocycles. The first-order valence-electron chi connectivity index (χ1n) is 7.13. The Morgan fingerprint density at radius 3 is 2.38 bits per heavy atom. The Balaban J connectivity index is 1.98. The van der Waals surface area contributed by atoms with E-state index in [1.807, 2.05) is 24.3 Å². The summed E-state index contributed by atoms with van der Waals surface area (Å²) in [4.78, 5) is 10.5. The smallest absolute Gasteiger partial charge is 0.274 e. The van der Waals surface area contributed by atoms with Crippen LogP contribution in [0.15, 0.2) is 65.6 Å². The number of nitrogens with one attached hydrogen (secondary N) is 1. The average Bonchev–Trinajstić information content (AvgIpc) is 2.55. The third-order valence-corrected chi connectivity index (χ3v) is 5.07. The van der Waals surface area contributed by atoms with Crippen LogP contribution in [0.1, 0.15) is 5.56 Å². The van der Waals surface area contributed by atoms with Gasteiger partial charge in [0.2, 0.25) is 0 Å². The number of nitro benzene ring substituents is 1. The Morgan fingerprint density at radius 1 is 0.958 bits per heavy atom. The summed E-state index contributed by atoms with van der Waals surface area (Å²) < 4.78 is 27.5. The predicted octanol–water partition coefficient (Wildman–Crippen LogP) is 3.86. The van der Waals surface area contributed by atoms with Crippen LogP contribution in [0, 0.1) is 17.0 Å². The maximum absolute atomic E-state index is 12.5. The second kappa shape index (κ2) is 5.93. The monoisotopic (exact) mass is 342 g/mol. The van der Waals surface area contributed by atoms with Crippen LogP contribution in [0.5, 0.6) is 0 Å². The van der Waals surface area contributed by atoms with Crippen LogP contribution in [0.3, 0.4) is 0 Å². The molecule has 122 valence electrons. The van der Waals surface area contributed by atoms with Crippen molar-refractivity contribution in [2.24, 2.45) is 0 Å². The van der Waals surface area contributed by atoms with Crippen molar-refractivity contribution >= 4 is 32.2 Å². The lowest BCUT2D eigenvalue weighted by Gasteiger charge is -2.09. The minimum atomic E-state index is -3.83. The van der Waals surface area contributed by atoms with Crippen LogP contribution < -0.4 is 4.72 Å². The van der Waals surface area contributed by atoms with Gasteiger partial charge in [0, 0.05) is 11.6 Å². The Morgan fingerprint density at radius 2 is 1.67 bits per heavy atom. The first-order valence-corrected chi connectivity index (χ1v) is 8.62. The van der Waals surface area contributed by atoms with Crippen molar-refractivity contribution in [3.63, 3.8) is 0 Å². The molecule has 0 unspecified atom stereocenters. The summed E-state index contributed by atoms with van der Waals surface area (Å²) in [6.45, 7) is 1.60. The molecule has 0 aliphatic carbocycles. The molecule has 0 radical (unpaired) electrons. The molecule has 0 aromatic heterocycles. The molecule has 0 spiro atoms. The first-order chi connectivity index (χ1) is 11.4. The normalized spacial score (nSPS) is 11.4. The molecule has 0 amide bonds. The van der Waals surface area contributed by atoms with Crippen LogP contribution in [0.2, 0.25) is 0 Å². The van der Waals surface area contributed by atoms with Crippen molar-refractivity contribution in [2.45, 2.75) is 11.8 Å². The van der Waals surface area contributed by atoms with Crippen molar-refractivity contribution in [1.29, 1.82) is 0 Å². The summed E-state index contributed by atoms with van der Waals surface area (Å²) in [5.74, 6) is 0. The minimum Gasteiger partial charge on any atom is -0.279 e. The average molecular weight is 342 g/mol. The van der Waals surface area contributed by atoms with Crippen LogP contribution in [-0.4, -0.2) is 13.3 Å². The largest absolute Gasteiger partial charge is 0.279 e. The molecule has 24 heavy (non-hydrogen) atoms. The third-order valence-electron chi connectivity index (χ3n) is 3.69. The van der Waals surface area contributed by atoms with E-state index in [0.717, 1.165) is 10.8 Å². The Kier molecular flexibility index (Phi) is 3.94. The number of hydrogen-bond acceptors (Lipinski definition) is 4. The van der Waals surface area contributed by atoms with E-state index in [-0.39, 0.29) is 16.3 Å². The summed E-state index contributed by atoms with van der Waals surface area (Å²) in [6.07, 6.45) is 0. The van der Waals surface area contributed by atoms with E-state index in [0.29, 0.717) is 5.56 Å². The molecule has 0 bridgehead atoms. The van der Waals surface area contributed by atoms with E-state index in [2.05, 4.69) is 4.72 Å². The van der Waals surface area contributed by atoms with Crippen LogP contribution in [0.25, 0.3) is 10.8 Å². The van der Waals surface area contributed by atoms with Gasteiger partial charge in [-0.3, -0.25) is 14.8 Å². The number of anilines is 1. The van der Waals surface area contributed by atoms with Gasteiger partial charge in [0.05, 0.1) is 15.5 Å². The van der Waals surface area contributed by atoms with Gasteiger partial charge in [0.15, 0.2) is 0 Å². The van der Waals surface area contributed by atoms with Gasteiger partial charge in [-0.2, -0.15) is 0 Å². The van der Waals surface area contributed by atoms with E-state index in [1.54, 1.807) is 19.1 Å². The molecule has 0 heterocycles. The van der Waals surface area contributed by atoms with Gasteiger partial charge < -0.3 is 0 Å². The summed E-state index contributed by atoms with van der Waals surface area (Å²) >= 11 is 0. The highest BCUT2D eigenvalue weighted by Gasteiger charge is 2.17. The minimum absolute atomic E-state index is 0.101. The molecule has 0 saturated heterocycles. The zero-order valence-electron chi connectivity index (χ0n) is 12.8. The fourth-order valence-electron chi connectivity index (χ4n) is 2.42. The number of sulfonamides is 1. The molecule has 3 rings (SSSR count). The zero-order valence-corrected chi connectivity index (χ0v) is 13.6. The third kappa shape index (κ3) is 3.07. The molecule has 1 N–H and O–H groups in total. The van der Waals surface area contributed by atoms with Gasteiger partial charge in [0.1, 0.15) is 0 Å². The molecule has 0 saturated carbocycles. The molecule has 0 atom stereocenters. The predicted molar refractivity (Wildman–Crippen MR) is 92.6 cm³/mol. The highest BCUT2D eigenvalue weighted by molar-refractivity contribution is 7.92. The molecule has 3 aromatic carbocycles. The number of aryl methyl sites for hydroxylation is 1. The maximum Gasteiger partial charge on any atom is 0.274 e. The lowest BCUT2D eigenvalue weighted by Crippen LogP contribution is -2.13. The maximum atomic E-state index is 12.5. The van der Waals surface area contributed by atoms with Crippen molar-refractivity contribution in [1.82, 2.24) is 0 Å². The van der Waals surface area contributed by atoms with E-state index in [4.69, 9.17) is 0 Å². The molecule has 0 aliphatic rings. The summed E-state index contributed by atoms with van der Waals surface area (Å²) in [5, 5.41) is 12.7. The number of benzene rings is 3. The number of nitro groups is 1. The lowest BCUT2D eigenvalue weighted by atomic mass is 10.1. The quantitative estimate of drug-likeness (QED) is 0.576. The van der Waals surface area contributed by atoms with Gasteiger partial charge in [-0.15, -0.1) is 0 Å². The number of fused-ring (bicyclic) bond motifs is 1. The van der Waals surface area contributed by atoms with Gasteiger partial charge in [-0.25, -0.2) is 8.42 Å². The van der Waals surface area contributed by atoms with Crippen molar-refractivity contribution in [2.75, 3.05) is 4.72 Å².